The van der Waals surface area contributed by atoms with E-state index in [-0.39, 0.29) is 18.4 Å². The van der Waals surface area contributed by atoms with E-state index in [1.807, 2.05) is 60.7 Å². The number of hydrogen-bond acceptors (Lipinski definition) is 3. The molecule has 1 unspecified atom stereocenters. The van der Waals surface area contributed by atoms with Crippen molar-refractivity contribution in [1.82, 2.24) is 14.7 Å². The standard InChI is InChI=1S/C24H27N3O3/c1-18-12-14-25(15-13-18)21(28)17-27-23(29)22(20-10-6-3-7-11-20)26(24(27)30)16-19-8-4-2-5-9-19/h2-11,18,22H,12-17H2,1H3. The van der Waals surface area contributed by atoms with Crippen LogP contribution in [0.4, 0.5) is 4.79 Å². The summed E-state index contributed by atoms with van der Waals surface area (Å²) in [4.78, 5) is 43.8. The van der Waals surface area contributed by atoms with Gasteiger partial charge in [0.05, 0.1) is 0 Å². The van der Waals surface area contributed by atoms with Crippen molar-refractivity contribution in [2.45, 2.75) is 32.4 Å². The summed E-state index contributed by atoms with van der Waals surface area (Å²) >= 11 is 0. The number of imide groups is 1. The normalized spacial score (nSPS) is 20.2. The van der Waals surface area contributed by atoms with Gasteiger partial charge in [0, 0.05) is 19.6 Å². The van der Waals surface area contributed by atoms with Crippen LogP contribution in [0.5, 0.6) is 0 Å². The molecule has 0 aliphatic carbocycles. The van der Waals surface area contributed by atoms with Gasteiger partial charge in [-0.15, -0.1) is 0 Å². The molecule has 4 rings (SSSR count). The first-order valence-electron chi connectivity index (χ1n) is 10.5. The molecule has 0 radical (unpaired) electrons. The monoisotopic (exact) mass is 405 g/mol. The maximum absolute atomic E-state index is 13.3. The maximum Gasteiger partial charge on any atom is 0.328 e. The van der Waals surface area contributed by atoms with Crippen LogP contribution in [0.3, 0.4) is 0 Å². The zero-order valence-electron chi connectivity index (χ0n) is 17.2. The first-order valence-corrected chi connectivity index (χ1v) is 10.5. The van der Waals surface area contributed by atoms with Crippen molar-refractivity contribution in [2.24, 2.45) is 5.92 Å². The van der Waals surface area contributed by atoms with Gasteiger partial charge in [0.25, 0.3) is 5.91 Å². The highest BCUT2D eigenvalue weighted by Crippen LogP contribution is 2.32. The van der Waals surface area contributed by atoms with Crippen LogP contribution in [0.1, 0.15) is 36.9 Å². The number of hydrogen-bond donors (Lipinski definition) is 0. The van der Waals surface area contributed by atoms with Crippen LogP contribution < -0.4 is 0 Å². The molecular formula is C24H27N3O3. The quantitative estimate of drug-likeness (QED) is 0.716. The minimum Gasteiger partial charge on any atom is -0.341 e. The zero-order chi connectivity index (χ0) is 21.1. The molecule has 0 bridgehead atoms. The SMILES string of the molecule is CC1CCN(C(=O)CN2C(=O)C(c3ccccc3)N(Cc3ccccc3)C2=O)CC1. The molecule has 156 valence electrons. The van der Waals surface area contributed by atoms with Crippen molar-refractivity contribution in [3.63, 3.8) is 0 Å². The molecule has 2 aromatic rings. The second kappa shape index (κ2) is 8.69. The topological polar surface area (TPSA) is 60.9 Å². The lowest BCUT2D eigenvalue weighted by Crippen LogP contribution is -2.46. The molecule has 0 saturated carbocycles. The smallest absolute Gasteiger partial charge is 0.328 e. The summed E-state index contributed by atoms with van der Waals surface area (Å²) in [5, 5.41) is 0. The van der Waals surface area contributed by atoms with E-state index in [4.69, 9.17) is 0 Å². The number of carbonyl (C=O) groups excluding carboxylic acids is 3. The molecular weight excluding hydrogens is 378 g/mol. The van der Waals surface area contributed by atoms with E-state index < -0.39 is 12.1 Å². The van der Waals surface area contributed by atoms with Crippen LogP contribution in [0.2, 0.25) is 0 Å². The van der Waals surface area contributed by atoms with Gasteiger partial charge in [-0.25, -0.2) is 4.79 Å². The van der Waals surface area contributed by atoms with E-state index in [1.165, 1.54) is 0 Å². The van der Waals surface area contributed by atoms with Crippen molar-refractivity contribution in [1.29, 1.82) is 0 Å². The fourth-order valence-corrected chi connectivity index (χ4v) is 4.18. The molecule has 2 heterocycles. The molecule has 6 heteroatoms. The van der Waals surface area contributed by atoms with E-state index in [0.29, 0.717) is 25.6 Å². The van der Waals surface area contributed by atoms with Gasteiger partial charge in [-0.2, -0.15) is 0 Å². The number of carbonyl (C=O) groups is 3. The van der Waals surface area contributed by atoms with E-state index >= 15 is 0 Å². The van der Waals surface area contributed by atoms with Gasteiger partial charge in [-0.3, -0.25) is 14.5 Å². The fraction of sp³-hybridized carbons (Fsp3) is 0.375. The molecule has 2 aromatic carbocycles. The highest BCUT2D eigenvalue weighted by molar-refractivity contribution is 6.06. The minimum atomic E-state index is -0.715. The van der Waals surface area contributed by atoms with Crippen molar-refractivity contribution in [3.8, 4) is 0 Å². The summed E-state index contributed by atoms with van der Waals surface area (Å²) in [6, 6.07) is 17.8. The molecule has 6 nitrogen and oxygen atoms in total. The zero-order valence-corrected chi connectivity index (χ0v) is 17.2. The Morgan fingerprint density at radius 2 is 1.53 bits per heavy atom. The average molecular weight is 405 g/mol. The summed E-state index contributed by atoms with van der Waals surface area (Å²) in [7, 11) is 0. The highest BCUT2D eigenvalue weighted by atomic mass is 16.2. The molecule has 1 atom stereocenters. The lowest BCUT2D eigenvalue weighted by atomic mass is 9.99. The molecule has 0 spiro atoms. The minimum absolute atomic E-state index is 0.156. The van der Waals surface area contributed by atoms with Crippen LogP contribution >= 0.6 is 0 Å². The third-order valence-electron chi connectivity index (χ3n) is 6.03. The lowest BCUT2D eigenvalue weighted by Gasteiger charge is -2.31. The van der Waals surface area contributed by atoms with Gasteiger partial charge in [-0.05, 0) is 29.9 Å². The summed E-state index contributed by atoms with van der Waals surface area (Å²) in [5.74, 6) is 0.116. The summed E-state index contributed by atoms with van der Waals surface area (Å²) in [6.45, 7) is 3.68. The average Bonchev–Trinajstić information content (AvgIpc) is 2.99. The largest absolute Gasteiger partial charge is 0.341 e. The van der Waals surface area contributed by atoms with Gasteiger partial charge >= 0.3 is 6.03 Å². The lowest BCUT2D eigenvalue weighted by molar-refractivity contribution is -0.138. The Morgan fingerprint density at radius 1 is 0.933 bits per heavy atom. The third-order valence-corrected chi connectivity index (χ3v) is 6.03. The van der Waals surface area contributed by atoms with Crippen LogP contribution in [-0.2, 0) is 16.1 Å². The van der Waals surface area contributed by atoms with Gasteiger partial charge in [0.1, 0.15) is 12.6 Å². The van der Waals surface area contributed by atoms with Crippen molar-refractivity contribution in [3.05, 3.63) is 71.8 Å². The second-order valence-corrected chi connectivity index (χ2v) is 8.20. The number of benzene rings is 2. The van der Waals surface area contributed by atoms with E-state index in [1.54, 1.807) is 9.80 Å². The van der Waals surface area contributed by atoms with E-state index in [9.17, 15) is 14.4 Å². The van der Waals surface area contributed by atoms with Crippen LogP contribution in [0.15, 0.2) is 60.7 Å². The number of urea groups is 1. The summed E-state index contributed by atoms with van der Waals surface area (Å²) in [6.07, 6.45) is 1.92. The van der Waals surface area contributed by atoms with Crippen molar-refractivity contribution < 1.29 is 14.4 Å². The molecule has 2 saturated heterocycles. The van der Waals surface area contributed by atoms with Crippen LogP contribution in [0.25, 0.3) is 0 Å². The van der Waals surface area contributed by atoms with Crippen LogP contribution in [0, 0.1) is 5.92 Å². The predicted octanol–water partition coefficient (Wildman–Crippen LogP) is 3.45. The molecule has 2 aliphatic heterocycles. The number of nitrogens with zero attached hydrogens (tertiary/aromatic N) is 3. The second-order valence-electron chi connectivity index (χ2n) is 8.20. The Balaban J connectivity index is 1.56. The van der Waals surface area contributed by atoms with Crippen molar-refractivity contribution in [2.75, 3.05) is 19.6 Å². The Labute approximate surface area is 177 Å². The van der Waals surface area contributed by atoms with Crippen LogP contribution in [-0.4, -0.2) is 52.2 Å². The molecule has 0 N–H and O–H groups in total. The van der Waals surface area contributed by atoms with Crippen molar-refractivity contribution >= 4 is 17.8 Å². The van der Waals surface area contributed by atoms with E-state index in [0.717, 1.165) is 28.9 Å². The molecule has 30 heavy (non-hydrogen) atoms. The molecule has 2 fully saturated rings. The van der Waals surface area contributed by atoms with Gasteiger partial charge in [0.15, 0.2) is 0 Å². The fourth-order valence-electron chi connectivity index (χ4n) is 4.18. The Hall–Kier alpha value is -3.15. The van der Waals surface area contributed by atoms with Gasteiger partial charge < -0.3 is 9.80 Å². The molecule has 0 aromatic heterocycles. The maximum atomic E-state index is 13.3. The predicted molar refractivity (Wildman–Crippen MR) is 113 cm³/mol. The number of likely N-dealkylation sites (tertiary alicyclic amines) is 1. The number of rotatable bonds is 5. The first kappa shape index (κ1) is 20.1. The summed E-state index contributed by atoms with van der Waals surface area (Å²) < 4.78 is 0. The molecule has 2 aliphatic rings. The Bertz CT molecular complexity index is 908. The molecule has 4 amide bonds. The van der Waals surface area contributed by atoms with Gasteiger partial charge in [-0.1, -0.05) is 67.6 Å². The number of piperidine rings is 1. The van der Waals surface area contributed by atoms with E-state index in [2.05, 4.69) is 6.92 Å². The first-order chi connectivity index (χ1) is 14.5. The number of amides is 4. The third kappa shape index (κ3) is 4.08. The highest BCUT2D eigenvalue weighted by Gasteiger charge is 2.46. The summed E-state index contributed by atoms with van der Waals surface area (Å²) in [5.41, 5.74) is 1.70. The van der Waals surface area contributed by atoms with Gasteiger partial charge in [0.2, 0.25) is 5.91 Å². The Kier molecular flexibility index (Phi) is 5.84. The Morgan fingerprint density at radius 3 is 2.17 bits per heavy atom.